The van der Waals surface area contributed by atoms with Crippen molar-refractivity contribution in [2.24, 2.45) is 17.3 Å². The standard InChI is InChI=1S/C38H58/c1-6-8-11-15-32-16-17-35(27-29(32)3)37-23-20-34(28-30(37)4)31(5)33-18-21-36(22-19-33)38(24-12-9-7-2)25-13-10-14-26-38/h16-17,20,23,27-28,31,33,36H,6-15,18-19,21-22,24-26H2,1-5H3/t31?,33-,36-. The van der Waals surface area contributed by atoms with Crippen LogP contribution >= 0.6 is 0 Å². The molecule has 0 saturated heterocycles. The summed E-state index contributed by atoms with van der Waals surface area (Å²) in [5.41, 5.74) is 9.50. The lowest BCUT2D eigenvalue weighted by Crippen LogP contribution is -2.36. The monoisotopic (exact) mass is 514 g/mol. The minimum absolute atomic E-state index is 0.675. The van der Waals surface area contributed by atoms with Gasteiger partial charge in [-0.1, -0.05) is 109 Å². The second-order valence-corrected chi connectivity index (χ2v) is 13.5. The molecule has 2 aromatic rings. The Balaban J connectivity index is 1.38. The summed E-state index contributed by atoms with van der Waals surface area (Å²) in [6.45, 7) is 11.8. The van der Waals surface area contributed by atoms with E-state index in [1.807, 2.05) is 0 Å². The number of rotatable bonds is 12. The van der Waals surface area contributed by atoms with E-state index in [-0.39, 0.29) is 0 Å². The van der Waals surface area contributed by atoms with E-state index in [1.54, 1.807) is 5.56 Å². The molecule has 0 aromatic heterocycles. The second kappa shape index (κ2) is 14.2. The number of aryl methyl sites for hydroxylation is 3. The van der Waals surface area contributed by atoms with Gasteiger partial charge in [-0.05, 0) is 128 Å². The first-order valence-corrected chi connectivity index (χ1v) is 16.7. The van der Waals surface area contributed by atoms with Crippen LogP contribution < -0.4 is 0 Å². The fourth-order valence-corrected chi connectivity index (χ4v) is 8.35. The average molecular weight is 515 g/mol. The molecule has 4 rings (SSSR count). The Bertz CT molecular complexity index is 983. The second-order valence-electron chi connectivity index (χ2n) is 13.5. The van der Waals surface area contributed by atoms with E-state index in [4.69, 9.17) is 0 Å². The first kappa shape index (κ1) is 29.4. The van der Waals surface area contributed by atoms with Gasteiger partial charge in [0, 0.05) is 0 Å². The van der Waals surface area contributed by atoms with Crippen LogP contribution in [0.15, 0.2) is 36.4 Å². The van der Waals surface area contributed by atoms with Gasteiger partial charge in [0.25, 0.3) is 0 Å². The molecule has 0 N–H and O–H groups in total. The molecule has 0 spiro atoms. The van der Waals surface area contributed by atoms with Crippen LogP contribution in [-0.2, 0) is 6.42 Å². The van der Waals surface area contributed by atoms with Crippen molar-refractivity contribution in [2.75, 3.05) is 0 Å². The van der Waals surface area contributed by atoms with E-state index in [1.165, 1.54) is 137 Å². The zero-order chi connectivity index (χ0) is 27.0. The molecule has 38 heavy (non-hydrogen) atoms. The van der Waals surface area contributed by atoms with E-state index >= 15 is 0 Å². The number of unbranched alkanes of at least 4 members (excludes halogenated alkanes) is 4. The average Bonchev–Trinajstić information content (AvgIpc) is 2.94. The topological polar surface area (TPSA) is 0 Å². The molecule has 0 radical (unpaired) electrons. The lowest BCUT2D eigenvalue weighted by molar-refractivity contribution is 0.0409. The summed E-state index contributed by atoms with van der Waals surface area (Å²) in [4.78, 5) is 0. The minimum atomic E-state index is 0.675. The molecule has 0 amide bonds. The van der Waals surface area contributed by atoms with Gasteiger partial charge in [-0.25, -0.2) is 0 Å². The van der Waals surface area contributed by atoms with Gasteiger partial charge in [-0.2, -0.15) is 0 Å². The summed E-state index contributed by atoms with van der Waals surface area (Å²) in [7, 11) is 0. The van der Waals surface area contributed by atoms with E-state index in [0.29, 0.717) is 11.3 Å². The zero-order valence-electron chi connectivity index (χ0n) is 25.7. The van der Waals surface area contributed by atoms with Gasteiger partial charge < -0.3 is 0 Å². The Labute approximate surface area is 236 Å². The van der Waals surface area contributed by atoms with E-state index in [2.05, 4.69) is 71.0 Å². The van der Waals surface area contributed by atoms with E-state index < -0.39 is 0 Å². The number of benzene rings is 2. The van der Waals surface area contributed by atoms with Crippen LogP contribution in [0.5, 0.6) is 0 Å². The molecule has 2 aliphatic rings. The van der Waals surface area contributed by atoms with Gasteiger partial charge in [-0.3, -0.25) is 0 Å². The van der Waals surface area contributed by atoms with Gasteiger partial charge >= 0.3 is 0 Å². The third-order valence-corrected chi connectivity index (χ3v) is 11.0. The molecule has 0 bridgehead atoms. The van der Waals surface area contributed by atoms with Crippen molar-refractivity contribution in [3.8, 4) is 11.1 Å². The van der Waals surface area contributed by atoms with Crippen LogP contribution in [-0.4, -0.2) is 0 Å². The predicted molar refractivity (Wildman–Crippen MR) is 168 cm³/mol. The lowest BCUT2D eigenvalue weighted by Gasteiger charge is -2.47. The van der Waals surface area contributed by atoms with Crippen molar-refractivity contribution in [3.05, 3.63) is 58.7 Å². The van der Waals surface area contributed by atoms with Crippen molar-refractivity contribution in [1.29, 1.82) is 0 Å². The van der Waals surface area contributed by atoms with Crippen LogP contribution in [0, 0.1) is 31.1 Å². The lowest BCUT2D eigenvalue weighted by atomic mass is 9.58. The van der Waals surface area contributed by atoms with Crippen LogP contribution in [0.3, 0.4) is 0 Å². The molecule has 2 aliphatic carbocycles. The molecule has 0 heteroatoms. The third kappa shape index (κ3) is 7.14. The maximum Gasteiger partial charge on any atom is -0.0154 e. The van der Waals surface area contributed by atoms with Crippen LogP contribution in [0.25, 0.3) is 11.1 Å². The van der Waals surface area contributed by atoms with Crippen molar-refractivity contribution in [2.45, 2.75) is 150 Å². The molecule has 0 aliphatic heterocycles. The Hall–Kier alpha value is -1.56. The fraction of sp³-hybridized carbons (Fsp3) is 0.684. The fourth-order valence-electron chi connectivity index (χ4n) is 8.35. The highest BCUT2D eigenvalue weighted by Gasteiger charge is 2.41. The normalized spacial score (nSPS) is 22.3. The van der Waals surface area contributed by atoms with Crippen molar-refractivity contribution >= 4 is 0 Å². The summed E-state index contributed by atoms with van der Waals surface area (Å²) >= 11 is 0. The van der Waals surface area contributed by atoms with Crippen molar-refractivity contribution < 1.29 is 0 Å². The SMILES string of the molecule is CCCCCc1ccc(-c2ccc(C(C)[C@H]3CC[C@H](C4(CCCCC)CCCCC4)CC3)cc2C)cc1C. The molecule has 2 fully saturated rings. The van der Waals surface area contributed by atoms with E-state index in [0.717, 1.165) is 11.8 Å². The molecule has 0 nitrogen and oxygen atoms in total. The highest BCUT2D eigenvalue weighted by Crippen LogP contribution is 2.53. The third-order valence-electron chi connectivity index (χ3n) is 11.0. The molecule has 210 valence electrons. The predicted octanol–water partition coefficient (Wildman–Crippen LogP) is 12.1. The first-order chi connectivity index (χ1) is 18.5. The first-order valence-electron chi connectivity index (χ1n) is 16.7. The molecule has 2 aromatic carbocycles. The molecule has 1 unspecified atom stereocenters. The van der Waals surface area contributed by atoms with Gasteiger partial charge in [0.05, 0.1) is 0 Å². The number of hydrogen-bond acceptors (Lipinski definition) is 0. The Morgan fingerprint density at radius 2 is 1.47 bits per heavy atom. The van der Waals surface area contributed by atoms with Gasteiger partial charge in [0.2, 0.25) is 0 Å². The summed E-state index contributed by atoms with van der Waals surface area (Å²) in [5.74, 6) is 2.53. The summed E-state index contributed by atoms with van der Waals surface area (Å²) in [5, 5.41) is 0. The molecule has 0 heterocycles. The largest absolute Gasteiger partial charge is 0.0654 e. The summed E-state index contributed by atoms with van der Waals surface area (Å²) < 4.78 is 0. The maximum atomic E-state index is 2.52. The Morgan fingerprint density at radius 1 is 0.763 bits per heavy atom. The highest BCUT2D eigenvalue weighted by molar-refractivity contribution is 5.69. The zero-order valence-corrected chi connectivity index (χ0v) is 25.7. The van der Waals surface area contributed by atoms with Crippen LogP contribution in [0.4, 0.5) is 0 Å². The van der Waals surface area contributed by atoms with Gasteiger partial charge in [0.1, 0.15) is 0 Å². The molecule has 2 saturated carbocycles. The molecular formula is C38H58. The summed E-state index contributed by atoms with van der Waals surface area (Å²) in [6, 6.07) is 14.6. The van der Waals surface area contributed by atoms with Crippen LogP contribution in [0.1, 0.15) is 152 Å². The Morgan fingerprint density at radius 3 is 2.13 bits per heavy atom. The molecular weight excluding hydrogens is 456 g/mol. The minimum Gasteiger partial charge on any atom is -0.0654 e. The summed E-state index contributed by atoms with van der Waals surface area (Å²) in [6.07, 6.45) is 24.4. The van der Waals surface area contributed by atoms with E-state index in [9.17, 15) is 0 Å². The van der Waals surface area contributed by atoms with Gasteiger partial charge in [-0.15, -0.1) is 0 Å². The van der Waals surface area contributed by atoms with Crippen molar-refractivity contribution in [3.63, 3.8) is 0 Å². The van der Waals surface area contributed by atoms with Crippen LogP contribution in [0.2, 0.25) is 0 Å². The Kier molecular flexibility index (Phi) is 11.0. The van der Waals surface area contributed by atoms with Crippen molar-refractivity contribution in [1.82, 2.24) is 0 Å². The quantitative estimate of drug-likeness (QED) is 0.247. The highest BCUT2D eigenvalue weighted by atomic mass is 14.5. The smallest absolute Gasteiger partial charge is 0.0154 e. The van der Waals surface area contributed by atoms with Gasteiger partial charge in [0.15, 0.2) is 0 Å². The molecule has 1 atom stereocenters. The maximum absolute atomic E-state index is 2.52. The number of hydrogen-bond donors (Lipinski definition) is 0.